The summed E-state index contributed by atoms with van der Waals surface area (Å²) in [7, 11) is 3.06. The summed E-state index contributed by atoms with van der Waals surface area (Å²) in [6, 6.07) is 3.80. The Hall–Kier alpha value is -2.72. The first-order valence-corrected chi connectivity index (χ1v) is 7.51. The maximum absolute atomic E-state index is 12.5. The highest BCUT2D eigenvalue weighted by molar-refractivity contribution is 5.80. The Morgan fingerprint density at radius 2 is 1.92 bits per heavy atom. The molecular formula is C15H19N3O7. The number of nitro groups is 1. The minimum absolute atomic E-state index is 0.0623. The first-order chi connectivity index (χ1) is 12.0. The van der Waals surface area contributed by atoms with Gasteiger partial charge in [0.25, 0.3) is 5.69 Å². The van der Waals surface area contributed by atoms with Crippen LogP contribution in [0.25, 0.3) is 11.1 Å². The van der Waals surface area contributed by atoms with Gasteiger partial charge in [0.15, 0.2) is 5.58 Å². The number of hydrogen-bond acceptors (Lipinski definition) is 7. The number of hydrogen-bond donors (Lipinski definition) is 0. The van der Waals surface area contributed by atoms with Crippen molar-refractivity contribution in [3.05, 3.63) is 38.9 Å². The highest BCUT2D eigenvalue weighted by Gasteiger charge is 2.19. The van der Waals surface area contributed by atoms with Gasteiger partial charge >= 0.3 is 5.76 Å². The van der Waals surface area contributed by atoms with Crippen LogP contribution in [0.4, 0.5) is 5.69 Å². The number of carbonyl (C=O) groups is 1. The van der Waals surface area contributed by atoms with Gasteiger partial charge in [0, 0.05) is 33.4 Å². The van der Waals surface area contributed by atoms with Crippen LogP contribution in [-0.2, 0) is 20.8 Å². The monoisotopic (exact) mass is 353 g/mol. The smallest absolute Gasteiger partial charge is 0.407 e. The summed E-state index contributed by atoms with van der Waals surface area (Å²) in [5, 5.41) is 10.8. The molecule has 25 heavy (non-hydrogen) atoms. The molecule has 0 aliphatic heterocycles. The molecule has 0 aliphatic carbocycles. The molecule has 0 unspecified atom stereocenters. The van der Waals surface area contributed by atoms with Crippen molar-refractivity contribution in [1.29, 1.82) is 0 Å². The number of ether oxygens (including phenoxy) is 2. The number of benzene rings is 1. The summed E-state index contributed by atoms with van der Waals surface area (Å²) in [6.07, 6.45) is 0. The van der Waals surface area contributed by atoms with Gasteiger partial charge in [-0.1, -0.05) is 0 Å². The van der Waals surface area contributed by atoms with Crippen molar-refractivity contribution < 1.29 is 23.6 Å². The van der Waals surface area contributed by atoms with Crippen molar-refractivity contribution in [2.45, 2.75) is 6.54 Å². The Bertz CT molecular complexity index is 803. The summed E-state index contributed by atoms with van der Waals surface area (Å²) in [4.78, 5) is 36.2. The number of nitrogens with zero attached hydrogens (tertiary/aromatic N) is 3. The van der Waals surface area contributed by atoms with E-state index in [0.717, 1.165) is 10.6 Å². The molecule has 1 aromatic heterocycles. The lowest BCUT2D eigenvalue weighted by Gasteiger charge is -2.22. The maximum Gasteiger partial charge on any atom is 0.420 e. The fourth-order valence-electron chi connectivity index (χ4n) is 2.32. The maximum atomic E-state index is 12.5. The van der Waals surface area contributed by atoms with Crippen LogP contribution in [0.1, 0.15) is 0 Å². The quantitative estimate of drug-likeness (QED) is 0.479. The highest BCUT2D eigenvalue weighted by atomic mass is 16.6. The summed E-state index contributed by atoms with van der Waals surface area (Å²) in [5.74, 6) is -1.06. The molecule has 0 atom stereocenters. The van der Waals surface area contributed by atoms with Gasteiger partial charge in [0.05, 0.1) is 29.7 Å². The molecule has 10 heteroatoms. The minimum atomic E-state index is -0.748. The van der Waals surface area contributed by atoms with E-state index in [1.54, 1.807) is 0 Å². The van der Waals surface area contributed by atoms with E-state index in [4.69, 9.17) is 13.9 Å². The first-order valence-electron chi connectivity index (χ1n) is 7.51. The number of carbonyl (C=O) groups excluding carboxylic acids is 1. The van der Waals surface area contributed by atoms with E-state index < -0.39 is 10.7 Å². The van der Waals surface area contributed by atoms with E-state index in [-0.39, 0.29) is 23.7 Å². The van der Waals surface area contributed by atoms with Crippen molar-refractivity contribution in [3.8, 4) is 0 Å². The van der Waals surface area contributed by atoms with E-state index in [0.29, 0.717) is 31.8 Å². The van der Waals surface area contributed by atoms with E-state index >= 15 is 0 Å². The normalized spacial score (nSPS) is 11.0. The van der Waals surface area contributed by atoms with Gasteiger partial charge in [-0.05, 0) is 6.07 Å². The average Bonchev–Trinajstić information content (AvgIpc) is 2.89. The fraction of sp³-hybridized carbons (Fsp3) is 0.467. The lowest BCUT2D eigenvalue weighted by molar-refractivity contribution is -0.384. The molecule has 0 radical (unpaired) electrons. The van der Waals surface area contributed by atoms with Crippen molar-refractivity contribution in [1.82, 2.24) is 9.47 Å². The van der Waals surface area contributed by atoms with Gasteiger partial charge in [0.1, 0.15) is 6.54 Å². The molecule has 2 aromatic rings. The lowest BCUT2D eigenvalue weighted by Crippen LogP contribution is -2.39. The Kier molecular flexibility index (Phi) is 6.25. The number of rotatable bonds is 9. The van der Waals surface area contributed by atoms with Gasteiger partial charge in [-0.2, -0.15) is 0 Å². The largest absolute Gasteiger partial charge is 0.420 e. The minimum Gasteiger partial charge on any atom is -0.407 e. The van der Waals surface area contributed by atoms with Crippen molar-refractivity contribution in [2.75, 3.05) is 40.5 Å². The molecule has 0 saturated carbocycles. The Labute approximate surface area is 142 Å². The number of fused-ring (bicyclic) bond motifs is 1. The molecule has 0 N–H and O–H groups in total. The zero-order valence-electron chi connectivity index (χ0n) is 14.0. The third-order valence-electron chi connectivity index (χ3n) is 3.64. The third kappa shape index (κ3) is 4.43. The van der Waals surface area contributed by atoms with Crippen LogP contribution in [0.3, 0.4) is 0 Å². The molecule has 2 rings (SSSR count). The van der Waals surface area contributed by atoms with Gasteiger partial charge in [0.2, 0.25) is 5.91 Å². The Morgan fingerprint density at radius 3 is 2.48 bits per heavy atom. The van der Waals surface area contributed by atoms with Crippen LogP contribution in [0.15, 0.2) is 27.4 Å². The molecular weight excluding hydrogens is 334 g/mol. The van der Waals surface area contributed by atoms with Crippen LogP contribution in [-0.4, -0.2) is 60.8 Å². The van der Waals surface area contributed by atoms with E-state index in [2.05, 4.69) is 0 Å². The number of nitro benzene ring substituents is 1. The second kappa shape index (κ2) is 8.40. The summed E-state index contributed by atoms with van der Waals surface area (Å²) < 4.78 is 16.1. The van der Waals surface area contributed by atoms with Crippen LogP contribution >= 0.6 is 0 Å². The molecule has 1 aromatic carbocycles. The summed E-state index contributed by atoms with van der Waals surface area (Å²) >= 11 is 0. The number of non-ortho nitro benzene ring substituents is 1. The molecule has 136 valence electrons. The Morgan fingerprint density at radius 1 is 1.28 bits per heavy atom. The molecule has 0 saturated heterocycles. The first kappa shape index (κ1) is 18.6. The van der Waals surface area contributed by atoms with Crippen molar-refractivity contribution in [2.24, 2.45) is 0 Å². The van der Waals surface area contributed by atoms with Crippen LogP contribution in [0.5, 0.6) is 0 Å². The number of oxazole rings is 1. The fourth-order valence-corrected chi connectivity index (χ4v) is 2.32. The van der Waals surface area contributed by atoms with Crippen LogP contribution in [0.2, 0.25) is 0 Å². The van der Waals surface area contributed by atoms with Gasteiger partial charge < -0.3 is 18.8 Å². The molecule has 1 heterocycles. The zero-order chi connectivity index (χ0) is 18.4. The van der Waals surface area contributed by atoms with Gasteiger partial charge in [-0.15, -0.1) is 0 Å². The van der Waals surface area contributed by atoms with Gasteiger partial charge in [-0.25, -0.2) is 4.79 Å². The zero-order valence-corrected chi connectivity index (χ0v) is 14.0. The van der Waals surface area contributed by atoms with Gasteiger partial charge in [-0.3, -0.25) is 19.5 Å². The predicted molar refractivity (Wildman–Crippen MR) is 87.5 cm³/mol. The lowest BCUT2D eigenvalue weighted by atomic mass is 10.3. The van der Waals surface area contributed by atoms with E-state index in [1.807, 2.05) is 0 Å². The van der Waals surface area contributed by atoms with Crippen molar-refractivity contribution >= 4 is 22.7 Å². The second-order valence-corrected chi connectivity index (χ2v) is 5.23. The molecule has 0 spiro atoms. The Balaban J connectivity index is 2.25. The summed E-state index contributed by atoms with van der Waals surface area (Å²) in [5.41, 5.74) is 0.191. The third-order valence-corrected chi connectivity index (χ3v) is 3.64. The standard InChI is InChI=1S/C15H19N3O7/c1-23-7-5-16(6-8-24-2)14(19)10-17-12-4-3-11(18(21)22)9-13(12)25-15(17)20/h3-4,9H,5-8,10H2,1-2H3. The van der Waals surface area contributed by atoms with Crippen LogP contribution in [0, 0.1) is 10.1 Å². The number of aromatic nitrogens is 1. The topological polar surface area (TPSA) is 117 Å². The number of methoxy groups -OCH3 is 2. The second-order valence-electron chi connectivity index (χ2n) is 5.23. The molecule has 0 aliphatic rings. The predicted octanol–water partition coefficient (Wildman–Crippen LogP) is 0.624. The summed E-state index contributed by atoms with van der Waals surface area (Å²) in [6.45, 7) is 1.17. The van der Waals surface area contributed by atoms with Crippen molar-refractivity contribution in [3.63, 3.8) is 0 Å². The molecule has 1 amide bonds. The van der Waals surface area contributed by atoms with E-state index in [9.17, 15) is 19.7 Å². The SMILES string of the molecule is COCCN(CCOC)C(=O)Cn1c(=O)oc2cc([N+](=O)[O-])ccc21. The van der Waals surface area contributed by atoms with E-state index in [1.165, 1.54) is 31.3 Å². The molecule has 0 fully saturated rings. The highest BCUT2D eigenvalue weighted by Crippen LogP contribution is 2.20. The molecule has 0 bridgehead atoms. The average molecular weight is 353 g/mol. The van der Waals surface area contributed by atoms with Crippen LogP contribution < -0.4 is 5.76 Å². The molecule has 10 nitrogen and oxygen atoms in total. The number of amides is 1.